The summed E-state index contributed by atoms with van der Waals surface area (Å²) in [4.78, 5) is 13.1. The van der Waals surface area contributed by atoms with Crippen LogP contribution in [0, 0.1) is 0 Å². The van der Waals surface area contributed by atoms with E-state index in [0.717, 1.165) is 31.8 Å². The van der Waals surface area contributed by atoms with E-state index in [1.54, 1.807) is 31.4 Å². The fourth-order valence-corrected chi connectivity index (χ4v) is 4.55. The maximum atomic E-state index is 11.1. The van der Waals surface area contributed by atoms with Gasteiger partial charge in [0, 0.05) is 20.9 Å². The molecule has 29 heavy (non-hydrogen) atoms. The molecule has 0 fully saturated rings. The molecule has 0 unspecified atom stereocenters. The minimum atomic E-state index is -0.907. The lowest BCUT2D eigenvalue weighted by Gasteiger charge is -2.14. The van der Waals surface area contributed by atoms with Gasteiger partial charge in [-0.25, -0.2) is 4.79 Å². The average molecular weight is 400 g/mol. The Kier molecular flexibility index (Phi) is 5.19. The van der Waals surface area contributed by atoms with Gasteiger partial charge in [-0.1, -0.05) is 54.6 Å². The molecule has 0 bridgehead atoms. The minimum absolute atomic E-state index is 0.314. The van der Waals surface area contributed by atoms with Gasteiger partial charge in [0.25, 0.3) is 0 Å². The largest absolute Gasteiger partial charge is 0.496 e. The first-order valence-corrected chi connectivity index (χ1v) is 10.1. The highest BCUT2D eigenvalue weighted by atomic mass is 32.1. The van der Waals surface area contributed by atoms with Crippen LogP contribution in [-0.2, 0) is 4.79 Å². The molecule has 3 nitrogen and oxygen atoms in total. The lowest BCUT2D eigenvalue weighted by molar-refractivity contribution is -0.132. The number of hydrogen-bond acceptors (Lipinski definition) is 3. The third kappa shape index (κ3) is 3.67. The molecule has 0 amide bonds. The molecule has 0 aliphatic rings. The first-order valence-electron chi connectivity index (χ1n) is 9.25. The van der Waals surface area contributed by atoms with Gasteiger partial charge in [-0.2, -0.15) is 0 Å². The van der Waals surface area contributed by atoms with Crippen molar-refractivity contribution in [3.63, 3.8) is 0 Å². The fourth-order valence-electron chi connectivity index (χ4n) is 3.47. The maximum absolute atomic E-state index is 11.1. The summed E-state index contributed by atoms with van der Waals surface area (Å²) in [5, 5.41) is 11.4. The normalized spacial score (nSPS) is 11.6. The molecule has 4 heteroatoms. The Morgan fingerprint density at radius 1 is 0.931 bits per heavy atom. The highest BCUT2D eigenvalue weighted by molar-refractivity contribution is 7.16. The molecule has 0 radical (unpaired) electrons. The second-order valence-electron chi connectivity index (χ2n) is 6.74. The zero-order valence-electron chi connectivity index (χ0n) is 16.2. The van der Waals surface area contributed by atoms with Gasteiger partial charge in [-0.05, 0) is 53.1 Å². The van der Waals surface area contributed by atoms with Crippen LogP contribution in [-0.4, -0.2) is 18.2 Å². The van der Waals surface area contributed by atoms with E-state index < -0.39 is 5.97 Å². The van der Waals surface area contributed by atoms with E-state index in [9.17, 15) is 4.79 Å². The SMILES string of the molecule is COc1ccc2c(-c3ccccc3)cccc2c1-c1ccc(/C=C(\C)C(=O)O)s1. The Bertz CT molecular complexity index is 1220. The van der Waals surface area contributed by atoms with E-state index in [1.807, 2.05) is 36.4 Å². The van der Waals surface area contributed by atoms with Crippen LogP contribution >= 0.6 is 11.3 Å². The molecule has 0 saturated carbocycles. The number of fused-ring (bicyclic) bond motifs is 1. The van der Waals surface area contributed by atoms with Crippen molar-refractivity contribution in [2.24, 2.45) is 0 Å². The lowest BCUT2D eigenvalue weighted by Crippen LogP contribution is -1.94. The number of carbonyl (C=O) groups is 1. The summed E-state index contributed by atoms with van der Waals surface area (Å²) >= 11 is 1.56. The summed E-state index contributed by atoms with van der Waals surface area (Å²) < 4.78 is 5.68. The smallest absolute Gasteiger partial charge is 0.331 e. The zero-order valence-corrected chi connectivity index (χ0v) is 17.0. The third-order valence-electron chi connectivity index (χ3n) is 4.90. The van der Waals surface area contributed by atoms with Crippen LogP contribution in [0.25, 0.3) is 38.4 Å². The Labute approximate surface area is 173 Å². The molecule has 0 atom stereocenters. The quantitative estimate of drug-likeness (QED) is 0.378. The number of hydrogen-bond donors (Lipinski definition) is 1. The number of aliphatic carboxylic acids is 1. The van der Waals surface area contributed by atoms with E-state index in [1.165, 1.54) is 11.1 Å². The lowest BCUT2D eigenvalue weighted by atomic mass is 9.94. The summed E-state index contributed by atoms with van der Waals surface area (Å²) in [5.41, 5.74) is 3.68. The molecule has 4 rings (SSSR count). The van der Waals surface area contributed by atoms with Crippen molar-refractivity contribution in [3.8, 4) is 27.3 Å². The standard InChI is InChI=1S/C25H20O3S/c1-16(25(26)27)15-18-11-14-23(29-18)24-21-10-6-9-19(17-7-4-3-5-8-17)20(21)12-13-22(24)28-2/h3-15H,1-2H3,(H,26,27)/b16-15+. The maximum Gasteiger partial charge on any atom is 0.331 e. The number of rotatable bonds is 5. The van der Waals surface area contributed by atoms with Gasteiger partial charge in [-0.3, -0.25) is 0 Å². The molecule has 0 spiro atoms. The highest BCUT2D eigenvalue weighted by Crippen LogP contribution is 2.43. The van der Waals surface area contributed by atoms with Crippen molar-refractivity contribution in [1.82, 2.24) is 0 Å². The van der Waals surface area contributed by atoms with Gasteiger partial charge in [0.1, 0.15) is 5.75 Å². The molecule has 144 valence electrons. The first-order chi connectivity index (χ1) is 14.1. The molecule has 1 heterocycles. The summed E-state index contributed by atoms with van der Waals surface area (Å²) in [5.74, 6) is -0.106. The predicted octanol–water partition coefficient (Wildman–Crippen LogP) is 6.73. The highest BCUT2D eigenvalue weighted by Gasteiger charge is 2.15. The fraction of sp³-hybridized carbons (Fsp3) is 0.0800. The Morgan fingerprint density at radius 2 is 1.72 bits per heavy atom. The van der Waals surface area contributed by atoms with E-state index in [-0.39, 0.29) is 0 Å². The molecular weight excluding hydrogens is 380 g/mol. The van der Waals surface area contributed by atoms with Crippen molar-refractivity contribution < 1.29 is 14.6 Å². The molecule has 1 aromatic heterocycles. The average Bonchev–Trinajstić information content (AvgIpc) is 3.20. The van der Waals surface area contributed by atoms with Gasteiger partial charge in [0.2, 0.25) is 0 Å². The van der Waals surface area contributed by atoms with E-state index in [4.69, 9.17) is 9.84 Å². The number of benzene rings is 3. The predicted molar refractivity (Wildman–Crippen MR) is 121 cm³/mol. The second-order valence-corrected chi connectivity index (χ2v) is 7.86. The van der Waals surface area contributed by atoms with Crippen molar-refractivity contribution in [2.75, 3.05) is 7.11 Å². The van der Waals surface area contributed by atoms with Crippen LogP contribution < -0.4 is 4.74 Å². The first kappa shape index (κ1) is 19.0. The van der Waals surface area contributed by atoms with Gasteiger partial charge in [-0.15, -0.1) is 11.3 Å². The van der Waals surface area contributed by atoms with Crippen LogP contribution in [0.1, 0.15) is 11.8 Å². The molecule has 3 aromatic carbocycles. The molecule has 0 aliphatic carbocycles. The van der Waals surface area contributed by atoms with Crippen molar-refractivity contribution >= 4 is 34.2 Å². The van der Waals surface area contributed by atoms with Crippen LogP contribution in [0.2, 0.25) is 0 Å². The second kappa shape index (κ2) is 7.94. The molecule has 1 N–H and O–H groups in total. The van der Waals surface area contributed by atoms with Crippen LogP contribution in [0.5, 0.6) is 5.75 Å². The van der Waals surface area contributed by atoms with Crippen LogP contribution in [0.3, 0.4) is 0 Å². The Balaban J connectivity index is 1.92. The van der Waals surface area contributed by atoms with Crippen LogP contribution in [0.15, 0.2) is 78.4 Å². The number of methoxy groups -OCH3 is 1. The molecular formula is C25H20O3S. The molecule has 4 aromatic rings. The third-order valence-corrected chi connectivity index (χ3v) is 5.95. The summed E-state index contributed by atoms with van der Waals surface area (Å²) in [6.45, 7) is 1.60. The van der Waals surface area contributed by atoms with Crippen molar-refractivity contribution in [1.29, 1.82) is 0 Å². The number of carboxylic acids is 1. The van der Waals surface area contributed by atoms with Gasteiger partial charge in [0.15, 0.2) is 0 Å². The number of ether oxygens (including phenoxy) is 1. The van der Waals surface area contributed by atoms with Crippen molar-refractivity contribution in [3.05, 3.63) is 83.2 Å². The topological polar surface area (TPSA) is 46.5 Å². The van der Waals surface area contributed by atoms with Gasteiger partial charge < -0.3 is 9.84 Å². The van der Waals surface area contributed by atoms with E-state index in [0.29, 0.717) is 5.57 Å². The Morgan fingerprint density at radius 3 is 2.45 bits per heavy atom. The molecule has 0 saturated heterocycles. The minimum Gasteiger partial charge on any atom is -0.496 e. The summed E-state index contributed by atoms with van der Waals surface area (Å²) in [7, 11) is 1.68. The number of carboxylic acid groups (broad SMARTS) is 1. The van der Waals surface area contributed by atoms with E-state index >= 15 is 0 Å². The summed E-state index contributed by atoms with van der Waals surface area (Å²) in [6, 6.07) is 24.7. The van der Waals surface area contributed by atoms with Crippen LogP contribution in [0.4, 0.5) is 0 Å². The van der Waals surface area contributed by atoms with Gasteiger partial charge >= 0.3 is 5.97 Å². The Hall–Kier alpha value is -3.37. The monoisotopic (exact) mass is 400 g/mol. The van der Waals surface area contributed by atoms with E-state index in [2.05, 4.69) is 36.4 Å². The van der Waals surface area contributed by atoms with Gasteiger partial charge in [0.05, 0.1) is 7.11 Å². The molecule has 0 aliphatic heterocycles. The summed E-state index contributed by atoms with van der Waals surface area (Å²) in [6.07, 6.45) is 1.70. The zero-order chi connectivity index (χ0) is 20.4. The number of thiophene rings is 1. The van der Waals surface area contributed by atoms with Crippen molar-refractivity contribution in [2.45, 2.75) is 6.92 Å².